The molecule has 1 atom stereocenters. The van der Waals surface area contributed by atoms with E-state index in [1.165, 1.54) is 33.1 Å². The van der Waals surface area contributed by atoms with Gasteiger partial charge >= 0.3 is 5.97 Å². The molecule has 1 aliphatic carbocycles. The quantitative estimate of drug-likeness (QED) is 0.579. The molecule has 0 saturated heterocycles. The number of rotatable bonds is 7. The largest absolute Gasteiger partial charge is 0.458 e. The molecule has 1 unspecified atom stereocenters. The molecule has 1 saturated carbocycles. The molecule has 0 aromatic rings. The number of Topliss-reactive ketones (excluding diaryl/α,β-unsaturated/α-hetero) is 1. The summed E-state index contributed by atoms with van der Waals surface area (Å²) in [7, 11) is 0. The van der Waals surface area contributed by atoms with Crippen LogP contribution in [0.15, 0.2) is 0 Å². The Kier molecular flexibility index (Phi) is 6.39. The van der Waals surface area contributed by atoms with E-state index in [9.17, 15) is 14.7 Å². The predicted octanol–water partition coefficient (Wildman–Crippen LogP) is 3.26. The first-order valence-electron chi connectivity index (χ1n) is 8.21. The highest BCUT2D eigenvalue weighted by atomic mass is 16.6. The van der Waals surface area contributed by atoms with Crippen molar-refractivity contribution in [3.05, 3.63) is 0 Å². The van der Waals surface area contributed by atoms with E-state index in [1.54, 1.807) is 0 Å². The molecule has 0 aromatic carbocycles. The third-order valence-corrected chi connectivity index (χ3v) is 5.39. The Labute approximate surface area is 128 Å². The SMILES string of the molecule is CCC(CC)(OC(=O)C(C)(CO)C(C)=O)C1CCCCC1. The highest BCUT2D eigenvalue weighted by Gasteiger charge is 2.46. The first-order chi connectivity index (χ1) is 9.86. The topological polar surface area (TPSA) is 63.6 Å². The fourth-order valence-electron chi connectivity index (χ4n) is 3.30. The van der Waals surface area contributed by atoms with Crippen molar-refractivity contribution in [1.29, 1.82) is 0 Å². The third-order valence-electron chi connectivity index (χ3n) is 5.39. The van der Waals surface area contributed by atoms with Gasteiger partial charge in [0.1, 0.15) is 16.8 Å². The fraction of sp³-hybridized carbons (Fsp3) is 0.882. The minimum absolute atomic E-state index is 0.347. The molecule has 1 fully saturated rings. The number of ketones is 1. The summed E-state index contributed by atoms with van der Waals surface area (Å²) in [5, 5.41) is 9.46. The first-order valence-corrected chi connectivity index (χ1v) is 8.21. The molecular formula is C17H30O4. The highest BCUT2D eigenvalue weighted by Crippen LogP contribution is 2.41. The van der Waals surface area contributed by atoms with Crippen LogP contribution in [-0.2, 0) is 14.3 Å². The van der Waals surface area contributed by atoms with Crippen molar-refractivity contribution in [1.82, 2.24) is 0 Å². The molecule has 0 heterocycles. The summed E-state index contributed by atoms with van der Waals surface area (Å²) in [6, 6.07) is 0. The van der Waals surface area contributed by atoms with Crippen LogP contribution in [0.1, 0.15) is 72.6 Å². The summed E-state index contributed by atoms with van der Waals surface area (Å²) in [6.07, 6.45) is 7.24. The van der Waals surface area contributed by atoms with E-state index < -0.39 is 23.6 Å². The zero-order chi connectivity index (χ0) is 16.1. The van der Waals surface area contributed by atoms with Gasteiger partial charge in [-0.3, -0.25) is 9.59 Å². The maximum atomic E-state index is 12.5. The molecule has 1 rings (SSSR count). The number of hydrogen-bond donors (Lipinski definition) is 1. The molecule has 4 nitrogen and oxygen atoms in total. The van der Waals surface area contributed by atoms with Crippen LogP contribution in [0.5, 0.6) is 0 Å². The van der Waals surface area contributed by atoms with Crippen LogP contribution in [0.3, 0.4) is 0 Å². The fourth-order valence-corrected chi connectivity index (χ4v) is 3.30. The van der Waals surface area contributed by atoms with E-state index in [4.69, 9.17) is 4.74 Å². The number of esters is 1. The van der Waals surface area contributed by atoms with Crippen LogP contribution in [0.25, 0.3) is 0 Å². The molecule has 0 bridgehead atoms. The van der Waals surface area contributed by atoms with Crippen molar-refractivity contribution in [2.45, 2.75) is 78.2 Å². The van der Waals surface area contributed by atoms with Crippen LogP contribution in [-0.4, -0.2) is 29.1 Å². The summed E-state index contributed by atoms with van der Waals surface area (Å²) < 4.78 is 5.87. The van der Waals surface area contributed by atoms with Gasteiger partial charge in [0.2, 0.25) is 0 Å². The Hall–Kier alpha value is -0.900. The number of carbonyl (C=O) groups is 2. The molecule has 0 spiro atoms. The first kappa shape index (κ1) is 18.1. The van der Waals surface area contributed by atoms with Crippen molar-refractivity contribution in [2.75, 3.05) is 6.61 Å². The van der Waals surface area contributed by atoms with E-state index in [1.807, 2.05) is 13.8 Å². The molecule has 21 heavy (non-hydrogen) atoms. The van der Waals surface area contributed by atoms with Gasteiger partial charge in [0.25, 0.3) is 0 Å². The Balaban J connectivity index is 2.96. The third kappa shape index (κ3) is 3.65. The van der Waals surface area contributed by atoms with Crippen molar-refractivity contribution < 1.29 is 19.4 Å². The van der Waals surface area contributed by atoms with Crippen molar-refractivity contribution >= 4 is 11.8 Å². The van der Waals surface area contributed by atoms with Gasteiger partial charge in [-0.05, 0) is 45.4 Å². The zero-order valence-corrected chi connectivity index (χ0v) is 13.9. The minimum atomic E-state index is -1.44. The smallest absolute Gasteiger partial charge is 0.322 e. The number of aliphatic hydroxyl groups is 1. The molecular weight excluding hydrogens is 268 g/mol. The van der Waals surface area contributed by atoms with Crippen LogP contribution >= 0.6 is 0 Å². The monoisotopic (exact) mass is 298 g/mol. The molecule has 0 aromatic heterocycles. The number of ether oxygens (including phenoxy) is 1. The van der Waals surface area contributed by atoms with Gasteiger partial charge in [-0.15, -0.1) is 0 Å². The summed E-state index contributed by atoms with van der Waals surface area (Å²) in [6.45, 7) is 6.37. The minimum Gasteiger partial charge on any atom is -0.458 e. The normalized spacial score (nSPS) is 19.9. The Morgan fingerprint density at radius 3 is 2.05 bits per heavy atom. The number of carbonyl (C=O) groups excluding carboxylic acids is 2. The predicted molar refractivity (Wildman–Crippen MR) is 81.9 cm³/mol. The van der Waals surface area contributed by atoms with Gasteiger partial charge in [-0.25, -0.2) is 0 Å². The summed E-state index contributed by atoms with van der Waals surface area (Å²) in [4.78, 5) is 24.2. The zero-order valence-electron chi connectivity index (χ0n) is 13.9. The van der Waals surface area contributed by atoms with Crippen LogP contribution < -0.4 is 0 Å². The Morgan fingerprint density at radius 1 is 1.14 bits per heavy atom. The lowest BCUT2D eigenvalue weighted by molar-refractivity contribution is -0.184. The van der Waals surface area contributed by atoms with Gasteiger partial charge in [0.05, 0.1) is 6.61 Å². The molecule has 122 valence electrons. The summed E-state index contributed by atoms with van der Waals surface area (Å²) >= 11 is 0. The lowest BCUT2D eigenvalue weighted by Crippen LogP contribution is -2.49. The molecule has 0 aliphatic heterocycles. The van der Waals surface area contributed by atoms with Crippen LogP contribution in [0, 0.1) is 11.3 Å². The van der Waals surface area contributed by atoms with Crippen molar-refractivity contribution in [2.24, 2.45) is 11.3 Å². The average molecular weight is 298 g/mol. The van der Waals surface area contributed by atoms with Gasteiger partial charge in [0, 0.05) is 0 Å². The maximum absolute atomic E-state index is 12.5. The molecule has 4 heteroatoms. The lowest BCUT2D eigenvalue weighted by atomic mass is 9.73. The summed E-state index contributed by atoms with van der Waals surface area (Å²) in [5.41, 5.74) is -1.94. The second kappa shape index (κ2) is 7.39. The summed E-state index contributed by atoms with van der Waals surface area (Å²) in [5.74, 6) is -0.563. The molecule has 0 amide bonds. The van der Waals surface area contributed by atoms with Gasteiger partial charge in [0.15, 0.2) is 0 Å². The molecule has 1 aliphatic rings. The second-order valence-corrected chi connectivity index (χ2v) is 6.54. The number of aliphatic hydroxyl groups excluding tert-OH is 1. The number of hydrogen-bond acceptors (Lipinski definition) is 4. The molecule has 0 radical (unpaired) electrons. The van der Waals surface area contributed by atoms with E-state index in [0.29, 0.717) is 5.92 Å². The van der Waals surface area contributed by atoms with Crippen molar-refractivity contribution in [3.8, 4) is 0 Å². The Morgan fingerprint density at radius 2 is 1.67 bits per heavy atom. The lowest BCUT2D eigenvalue weighted by Gasteiger charge is -2.42. The Bertz CT molecular complexity index is 367. The maximum Gasteiger partial charge on any atom is 0.322 e. The standard InChI is InChI=1S/C17H30O4/c1-5-17(6-2,14-10-8-7-9-11-14)21-15(20)16(4,12-18)13(3)19/h14,18H,5-12H2,1-4H3. The van der Waals surface area contributed by atoms with E-state index >= 15 is 0 Å². The highest BCUT2D eigenvalue weighted by molar-refractivity contribution is 6.02. The van der Waals surface area contributed by atoms with Crippen molar-refractivity contribution in [3.63, 3.8) is 0 Å². The van der Waals surface area contributed by atoms with Gasteiger partial charge in [-0.2, -0.15) is 0 Å². The van der Waals surface area contributed by atoms with Gasteiger partial charge in [-0.1, -0.05) is 33.1 Å². The van der Waals surface area contributed by atoms with Crippen LogP contribution in [0.2, 0.25) is 0 Å². The molecule has 1 N–H and O–H groups in total. The van der Waals surface area contributed by atoms with E-state index in [0.717, 1.165) is 25.7 Å². The second-order valence-electron chi connectivity index (χ2n) is 6.54. The van der Waals surface area contributed by atoms with E-state index in [-0.39, 0.29) is 5.78 Å². The van der Waals surface area contributed by atoms with Crippen LogP contribution in [0.4, 0.5) is 0 Å². The van der Waals surface area contributed by atoms with E-state index in [2.05, 4.69) is 0 Å². The van der Waals surface area contributed by atoms with Gasteiger partial charge < -0.3 is 9.84 Å². The average Bonchev–Trinajstić information content (AvgIpc) is 2.52.